The van der Waals surface area contributed by atoms with Crippen molar-refractivity contribution in [3.8, 4) is 16.9 Å². The van der Waals surface area contributed by atoms with Crippen LogP contribution >= 0.6 is 11.6 Å². The number of rotatable bonds is 6. The lowest BCUT2D eigenvalue weighted by Crippen LogP contribution is -2.52. The number of carboxylic acid groups (broad SMARTS) is 1. The summed E-state index contributed by atoms with van der Waals surface area (Å²) in [5, 5.41) is 9.71. The molecule has 0 aliphatic carbocycles. The molecule has 1 N–H and O–H groups in total. The van der Waals surface area contributed by atoms with Crippen molar-refractivity contribution in [1.82, 2.24) is 4.98 Å². The summed E-state index contributed by atoms with van der Waals surface area (Å²) < 4.78 is 20.8. The molecule has 0 saturated carbocycles. The van der Waals surface area contributed by atoms with Crippen molar-refractivity contribution in [3.63, 3.8) is 0 Å². The maximum atomic E-state index is 15.4. The smallest absolute Gasteiger partial charge is 0.326 e. The molecule has 0 unspecified atom stereocenters. The first kappa shape index (κ1) is 20.2. The van der Waals surface area contributed by atoms with Crippen LogP contribution in [0.25, 0.3) is 11.1 Å². The summed E-state index contributed by atoms with van der Waals surface area (Å²) in [4.78, 5) is 17.3. The highest BCUT2D eigenvalue weighted by Crippen LogP contribution is 2.36. The second-order valence-corrected chi connectivity index (χ2v) is 7.60. The van der Waals surface area contributed by atoms with Crippen LogP contribution in [0.4, 0.5) is 10.2 Å². The van der Waals surface area contributed by atoms with E-state index in [0.29, 0.717) is 52.7 Å². The van der Waals surface area contributed by atoms with E-state index in [1.165, 1.54) is 7.11 Å². The normalized spacial score (nSPS) is 15.6. The van der Waals surface area contributed by atoms with Crippen LogP contribution in [0.3, 0.4) is 0 Å². The van der Waals surface area contributed by atoms with Crippen LogP contribution in [0.5, 0.6) is 5.75 Å². The Bertz CT molecular complexity index is 1090. The Morgan fingerprint density at radius 2 is 2.13 bits per heavy atom. The van der Waals surface area contributed by atoms with Gasteiger partial charge in [-0.2, -0.15) is 0 Å². The third kappa shape index (κ3) is 3.83. The Labute approximate surface area is 178 Å². The number of aromatic nitrogens is 1. The molecule has 4 rings (SSSR count). The van der Waals surface area contributed by atoms with Gasteiger partial charge in [0.1, 0.15) is 23.4 Å². The monoisotopic (exact) mass is 426 g/mol. The number of hydrogen-bond acceptors (Lipinski definition) is 4. The predicted molar refractivity (Wildman–Crippen MR) is 114 cm³/mol. The minimum Gasteiger partial charge on any atom is -0.496 e. The zero-order chi connectivity index (χ0) is 21.3. The molecule has 0 amide bonds. The number of benzene rings is 2. The van der Waals surface area contributed by atoms with E-state index in [9.17, 15) is 9.90 Å². The Balaban J connectivity index is 1.61. The van der Waals surface area contributed by atoms with Gasteiger partial charge in [0.05, 0.1) is 12.7 Å². The lowest BCUT2D eigenvalue weighted by Gasteiger charge is -2.38. The third-order valence-corrected chi connectivity index (χ3v) is 5.55. The largest absolute Gasteiger partial charge is 0.496 e. The van der Waals surface area contributed by atoms with E-state index in [-0.39, 0.29) is 5.82 Å². The summed E-state index contributed by atoms with van der Waals surface area (Å²) in [5.41, 5.74) is 2.34. The average molecular weight is 427 g/mol. The lowest BCUT2D eigenvalue weighted by atomic mass is 9.97. The molecular formula is C23H20ClFN2O3. The zero-order valence-corrected chi connectivity index (χ0v) is 17.1. The molecule has 1 aromatic heterocycles. The molecule has 0 bridgehead atoms. The first-order valence-corrected chi connectivity index (χ1v) is 9.91. The van der Waals surface area contributed by atoms with E-state index in [4.69, 9.17) is 16.3 Å². The van der Waals surface area contributed by atoms with Crippen molar-refractivity contribution in [1.29, 1.82) is 0 Å². The standard InChI is InChI=1S/C23H20ClFN2O3/c1-30-19-7-6-16(22(25)21(19)15-3-2-4-17(24)12-15)11-14-5-8-20(26-13-14)27-10-9-18(27)23(28)29/h2-8,12-13,18H,9-11H2,1H3,(H,28,29)/t18-/m0/s1. The molecule has 5 nitrogen and oxygen atoms in total. The first-order chi connectivity index (χ1) is 14.5. The van der Waals surface area contributed by atoms with Crippen molar-refractivity contribution < 1.29 is 19.0 Å². The van der Waals surface area contributed by atoms with Gasteiger partial charge in [0.15, 0.2) is 0 Å². The number of ether oxygens (including phenoxy) is 1. The van der Waals surface area contributed by atoms with Gasteiger partial charge in [-0.1, -0.05) is 35.9 Å². The molecule has 30 heavy (non-hydrogen) atoms. The van der Waals surface area contributed by atoms with Crippen molar-refractivity contribution >= 4 is 23.4 Å². The summed E-state index contributed by atoms with van der Waals surface area (Å²) in [6.07, 6.45) is 2.62. The maximum Gasteiger partial charge on any atom is 0.326 e. The van der Waals surface area contributed by atoms with Gasteiger partial charge in [-0.05, 0) is 47.4 Å². The van der Waals surface area contributed by atoms with E-state index in [0.717, 1.165) is 5.56 Å². The highest BCUT2D eigenvalue weighted by atomic mass is 35.5. The van der Waals surface area contributed by atoms with E-state index >= 15 is 4.39 Å². The molecule has 3 aromatic rings. The highest BCUT2D eigenvalue weighted by Gasteiger charge is 2.34. The predicted octanol–water partition coefficient (Wildman–Crippen LogP) is 4.80. The number of nitrogens with zero attached hydrogens (tertiary/aromatic N) is 2. The molecule has 2 aromatic carbocycles. The number of carboxylic acids is 1. The van der Waals surface area contributed by atoms with Crippen LogP contribution in [0.1, 0.15) is 17.5 Å². The minimum atomic E-state index is -0.846. The summed E-state index contributed by atoms with van der Waals surface area (Å²) in [7, 11) is 1.51. The molecule has 1 aliphatic heterocycles. The number of hydrogen-bond donors (Lipinski definition) is 1. The molecule has 0 spiro atoms. The van der Waals surface area contributed by atoms with Crippen LogP contribution in [0.15, 0.2) is 54.7 Å². The summed E-state index contributed by atoms with van der Waals surface area (Å²) in [6, 6.07) is 13.5. The van der Waals surface area contributed by atoms with Gasteiger partial charge in [0.2, 0.25) is 0 Å². The van der Waals surface area contributed by atoms with Crippen molar-refractivity contribution in [2.45, 2.75) is 18.9 Å². The summed E-state index contributed by atoms with van der Waals surface area (Å²) >= 11 is 6.09. The Hall–Kier alpha value is -3.12. The summed E-state index contributed by atoms with van der Waals surface area (Å²) in [5.74, 6) is -0.160. The fourth-order valence-electron chi connectivity index (χ4n) is 3.65. The number of aliphatic carboxylic acids is 1. The Kier molecular flexibility index (Phi) is 5.59. The van der Waals surface area contributed by atoms with Crippen molar-refractivity contribution in [2.75, 3.05) is 18.6 Å². The molecule has 2 heterocycles. The van der Waals surface area contributed by atoms with E-state index in [1.807, 2.05) is 6.07 Å². The Morgan fingerprint density at radius 3 is 2.73 bits per heavy atom. The van der Waals surface area contributed by atoms with Crippen LogP contribution in [-0.2, 0) is 11.2 Å². The number of anilines is 1. The first-order valence-electron chi connectivity index (χ1n) is 9.53. The highest BCUT2D eigenvalue weighted by molar-refractivity contribution is 6.30. The van der Waals surface area contributed by atoms with Gasteiger partial charge in [0.25, 0.3) is 0 Å². The van der Waals surface area contributed by atoms with Gasteiger partial charge in [-0.15, -0.1) is 0 Å². The van der Waals surface area contributed by atoms with Gasteiger partial charge < -0.3 is 14.7 Å². The van der Waals surface area contributed by atoms with E-state index in [2.05, 4.69) is 4.98 Å². The molecule has 1 aliphatic rings. The van der Waals surface area contributed by atoms with E-state index < -0.39 is 12.0 Å². The van der Waals surface area contributed by atoms with Crippen molar-refractivity contribution in [3.05, 3.63) is 76.7 Å². The molecule has 1 saturated heterocycles. The van der Waals surface area contributed by atoms with Crippen LogP contribution < -0.4 is 9.64 Å². The van der Waals surface area contributed by atoms with Gasteiger partial charge in [-0.3, -0.25) is 0 Å². The molecule has 0 radical (unpaired) electrons. The minimum absolute atomic E-state index is 0.346. The number of carbonyl (C=O) groups is 1. The lowest BCUT2D eigenvalue weighted by molar-refractivity contribution is -0.140. The topological polar surface area (TPSA) is 62.7 Å². The van der Waals surface area contributed by atoms with Crippen LogP contribution in [-0.4, -0.2) is 35.8 Å². The summed E-state index contributed by atoms with van der Waals surface area (Å²) in [6.45, 7) is 0.666. The molecule has 154 valence electrons. The molecule has 7 heteroatoms. The van der Waals surface area contributed by atoms with Gasteiger partial charge >= 0.3 is 5.97 Å². The number of pyridine rings is 1. The quantitative estimate of drug-likeness (QED) is 0.613. The average Bonchev–Trinajstić information content (AvgIpc) is 2.69. The molecule has 1 atom stereocenters. The van der Waals surface area contributed by atoms with Crippen molar-refractivity contribution in [2.24, 2.45) is 0 Å². The second kappa shape index (κ2) is 8.32. The number of halogens is 2. The second-order valence-electron chi connectivity index (χ2n) is 7.16. The van der Waals surface area contributed by atoms with Crippen LogP contribution in [0.2, 0.25) is 5.02 Å². The maximum absolute atomic E-state index is 15.4. The molecular weight excluding hydrogens is 407 g/mol. The Morgan fingerprint density at radius 1 is 1.30 bits per heavy atom. The van der Waals surface area contributed by atoms with Gasteiger partial charge in [-0.25, -0.2) is 14.2 Å². The fourth-order valence-corrected chi connectivity index (χ4v) is 3.84. The van der Waals surface area contributed by atoms with Crippen LogP contribution in [0, 0.1) is 5.82 Å². The van der Waals surface area contributed by atoms with E-state index in [1.54, 1.807) is 53.6 Å². The zero-order valence-electron chi connectivity index (χ0n) is 16.3. The molecule has 1 fully saturated rings. The SMILES string of the molecule is COc1ccc(Cc2ccc(N3CC[C@H]3C(=O)O)nc2)c(F)c1-c1cccc(Cl)c1. The van der Waals surface area contributed by atoms with Gasteiger partial charge in [0, 0.05) is 24.2 Å². The third-order valence-electron chi connectivity index (χ3n) is 5.32. The number of methoxy groups -OCH3 is 1. The fraction of sp³-hybridized carbons (Fsp3) is 0.217.